The number of ether oxygens (including phenoxy) is 1. The predicted octanol–water partition coefficient (Wildman–Crippen LogP) is 3.42. The Morgan fingerprint density at radius 3 is 2.55 bits per heavy atom. The third kappa shape index (κ3) is 5.08. The van der Waals surface area contributed by atoms with Crippen LogP contribution in [-0.4, -0.2) is 40.8 Å². The molecular weight excluding hydrogens is 412 g/mol. The molecule has 8 heteroatoms. The molecule has 2 heterocycles. The van der Waals surface area contributed by atoms with E-state index in [-0.39, 0.29) is 17.6 Å². The smallest absolute Gasteiger partial charge is 0.230 e. The number of imidazole rings is 1. The molecule has 0 spiro atoms. The first-order valence-corrected chi connectivity index (χ1v) is 11.1. The Bertz CT molecular complexity index is 1050. The SMILES string of the molecule is COc1ccc(-n2ccnc2SCC(=O)NCc2ccc(N3CCCC3=O)cc2)cc1. The molecule has 1 saturated heterocycles. The maximum Gasteiger partial charge on any atom is 0.230 e. The molecule has 31 heavy (non-hydrogen) atoms. The van der Waals surface area contributed by atoms with Crippen LogP contribution < -0.4 is 15.0 Å². The topological polar surface area (TPSA) is 76.5 Å². The van der Waals surface area contributed by atoms with Crippen LogP contribution in [0.5, 0.6) is 5.75 Å². The fourth-order valence-corrected chi connectivity index (χ4v) is 4.24. The maximum atomic E-state index is 12.3. The van der Waals surface area contributed by atoms with Gasteiger partial charge in [-0.25, -0.2) is 4.98 Å². The zero-order chi connectivity index (χ0) is 21.6. The van der Waals surface area contributed by atoms with Gasteiger partial charge >= 0.3 is 0 Å². The number of aromatic nitrogens is 2. The third-order valence-corrected chi connectivity index (χ3v) is 6.07. The molecule has 0 bridgehead atoms. The van der Waals surface area contributed by atoms with Crippen LogP contribution in [0.15, 0.2) is 66.1 Å². The van der Waals surface area contributed by atoms with Crippen LogP contribution in [0.2, 0.25) is 0 Å². The molecule has 160 valence electrons. The highest BCUT2D eigenvalue weighted by atomic mass is 32.2. The fraction of sp³-hybridized carbons (Fsp3) is 0.261. The van der Waals surface area contributed by atoms with E-state index in [0.717, 1.165) is 40.8 Å². The zero-order valence-electron chi connectivity index (χ0n) is 17.3. The molecule has 0 aliphatic carbocycles. The number of hydrogen-bond acceptors (Lipinski definition) is 5. The summed E-state index contributed by atoms with van der Waals surface area (Å²) < 4.78 is 7.14. The zero-order valence-corrected chi connectivity index (χ0v) is 18.1. The summed E-state index contributed by atoms with van der Waals surface area (Å²) in [7, 11) is 1.63. The van der Waals surface area contributed by atoms with E-state index in [9.17, 15) is 9.59 Å². The second-order valence-corrected chi connectivity index (χ2v) is 8.10. The molecule has 2 amide bonds. The van der Waals surface area contributed by atoms with Gasteiger partial charge in [-0.2, -0.15) is 0 Å². The normalized spacial score (nSPS) is 13.5. The van der Waals surface area contributed by atoms with E-state index in [1.807, 2.05) is 64.2 Å². The number of hydrogen-bond donors (Lipinski definition) is 1. The minimum atomic E-state index is -0.0620. The number of nitrogens with one attached hydrogen (secondary N) is 1. The Balaban J connectivity index is 1.28. The van der Waals surface area contributed by atoms with Crippen LogP contribution in [0, 0.1) is 0 Å². The summed E-state index contributed by atoms with van der Waals surface area (Å²) >= 11 is 1.39. The van der Waals surface area contributed by atoms with Crippen LogP contribution in [0.4, 0.5) is 5.69 Å². The summed E-state index contributed by atoms with van der Waals surface area (Å²) in [6, 6.07) is 15.4. The van der Waals surface area contributed by atoms with Gasteiger partial charge in [0.15, 0.2) is 5.16 Å². The largest absolute Gasteiger partial charge is 0.497 e. The molecule has 2 aromatic carbocycles. The standard InChI is InChI=1S/C23H24N4O3S/c1-30-20-10-8-19(9-11-20)27-14-12-24-23(27)31-16-21(28)25-15-17-4-6-18(7-5-17)26-13-2-3-22(26)29/h4-12,14H,2-3,13,15-16H2,1H3,(H,25,28). The van der Waals surface area contributed by atoms with Crippen molar-refractivity contribution in [3.63, 3.8) is 0 Å². The van der Waals surface area contributed by atoms with E-state index < -0.39 is 0 Å². The Morgan fingerprint density at radius 2 is 1.87 bits per heavy atom. The molecule has 3 aromatic rings. The summed E-state index contributed by atoms with van der Waals surface area (Å²) in [6.07, 6.45) is 5.11. The molecule has 4 rings (SSSR count). The van der Waals surface area contributed by atoms with Crippen molar-refractivity contribution < 1.29 is 14.3 Å². The molecule has 0 atom stereocenters. The molecule has 1 aliphatic heterocycles. The number of methoxy groups -OCH3 is 1. The van der Waals surface area contributed by atoms with Gasteiger partial charge < -0.3 is 15.0 Å². The number of carbonyl (C=O) groups excluding carboxylic acids is 2. The Labute approximate surface area is 185 Å². The van der Waals surface area contributed by atoms with Crippen molar-refractivity contribution >= 4 is 29.3 Å². The number of rotatable bonds is 8. The summed E-state index contributed by atoms with van der Waals surface area (Å²) in [5.74, 6) is 1.17. The lowest BCUT2D eigenvalue weighted by atomic mass is 10.2. The quantitative estimate of drug-likeness (QED) is 0.548. The molecule has 1 fully saturated rings. The van der Waals surface area contributed by atoms with Gasteiger partial charge in [0, 0.05) is 43.3 Å². The number of anilines is 1. The van der Waals surface area contributed by atoms with Crippen LogP contribution >= 0.6 is 11.8 Å². The maximum absolute atomic E-state index is 12.3. The van der Waals surface area contributed by atoms with Gasteiger partial charge in [-0.3, -0.25) is 14.2 Å². The summed E-state index contributed by atoms with van der Waals surface area (Å²) in [4.78, 5) is 30.3. The van der Waals surface area contributed by atoms with Crippen molar-refractivity contribution in [3.8, 4) is 11.4 Å². The lowest BCUT2D eigenvalue weighted by Gasteiger charge is -2.16. The highest BCUT2D eigenvalue weighted by molar-refractivity contribution is 7.99. The molecule has 0 saturated carbocycles. The van der Waals surface area contributed by atoms with Gasteiger partial charge in [0.05, 0.1) is 12.9 Å². The van der Waals surface area contributed by atoms with Crippen LogP contribution in [0.25, 0.3) is 5.69 Å². The Hall–Kier alpha value is -3.26. The van der Waals surface area contributed by atoms with Gasteiger partial charge in [-0.05, 0) is 48.4 Å². The Kier molecular flexibility index (Phi) is 6.57. The second-order valence-electron chi connectivity index (χ2n) is 7.16. The third-order valence-electron chi connectivity index (χ3n) is 5.10. The molecule has 0 radical (unpaired) electrons. The van der Waals surface area contributed by atoms with E-state index in [0.29, 0.717) is 13.0 Å². The van der Waals surface area contributed by atoms with Gasteiger partial charge in [0.25, 0.3) is 0 Å². The van der Waals surface area contributed by atoms with E-state index in [1.54, 1.807) is 13.3 Å². The number of amides is 2. The Morgan fingerprint density at radius 1 is 1.13 bits per heavy atom. The van der Waals surface area contributed by atoms with E-state index in [2.05, 4.69) is 10.3 Å². The highest BCUT2D eigenvalue weighted by Crippen LogP contribution is 2.23. The molecule has 1 aliphatic rings. The van der Waals surface area contributed by atoms with Crippen molar-refractivity contribution in [1.29, 1.82) is 0 Å². The summed E-state index contributed by atoms with van der Waals surface area (Å²) in [5, 5.41) is 3.69. The molecule has 1 N–H and O–H groups in total. The second kappa shape index (κ2) is 9.70. The minimum absolute atomic E-state index is 0.0620. The lowest BCUT2D eigenvalue weighted by Crippen LogP contribution is -2.25. The van der Waals surface area contributed by atoms with E-state index in [1.165, 1.54) is 11.8 Å². The number of nitrogens with zero attached hydrogens (tertiary/aromatic N) is 3. The average molecular weight is 437 g/mol. The van der Waals surface area contributed by atoms with Crippen LogP contribution in [0.1, 0.15) is 18.4 Å². The van der Waals surface area contributed by atoms with Crippen LogP contribution in [0.3, 0.4) is 0 Å². The van der Waals surface area contributed by atoms with E-state index >= 15 is 0 Å². The monoisotopic (exact) mass is 436 g/mol. The molecular formula is C23H24N4O3S. The van der Waals surface area contributed by atoms with Gasteiger partial charge in [-0.1, -0.05) is 23.9 Å². The van der Waals surface area contributed by atoms with E-state index in [4.69, 9.17) is 4.74 Å². The average Bonchev–Trinajstić information content (AvgIpc) is 3.45. The molecule has 7 nitrogen and oxygen atoms in total. The lowest BCUT2D eigenvalue weighted by molar-refractivity contribution is -0.119. The van der Waals surface area contributed by atoms with Gasteiger partial charge in [0.1, 0.15) is 5.75 Å². The molecule has 1 aromatic heterocycles. The van der Waals surface area contributed by atoms with Gasteiger partial charge in [-0.15, -0.1) is 0 Å². The van der Waals surface area contributed by atoms with Crippen molar-refractivity contribution in [2.45, 2.75) is 24.5 Å². The number of benzene rings is 2. The number of carbonyl (C=O) groups is 2. The van der Waals surface area contributed by atoms with Crippen molar-refractivity contribution in [2.75, 3.05) is 24.3 Å². The van der Waals surface area contributed by atoms with Crippen molar-refractivity contribution in [3.05, 3.63) is 66.5 Å². The van der Waals surface area contributed by atoms with Crippen molar-refractivity contribution in [1.82, 2.24) is 14.9 Å². The molecule has 0 unspecified atom stereocenters. The highest BCUT2D eigenvalue weighted by Gasteiger charge is 2.21. The fourth-order valence-electron chi connectivity index (χ4n) is 3.43. The van der Waals surface area contributed by atoms with Crippen LogP contribution in [-0.2, 0) is 16.1 Å². The number of thioether (sulfide) groups is 1. The van der Waals surface area contributed by atoms with Crippen molar-refractivity contribution in [2.24, 2.45) is 0 Å². The summed E-state index contributed by atoms with van der Waals surface area (Å²) in [5.41, 5.74) is 2.87. The first-order valence-electron chi connectivity index (χ1n) is 10.1. The minimum Gasteiger partial charge on any atom is -0.497 e. The first kappa shape index (κ1) is 21.0. The first-order chi connectivity index (χ1) is 15.1. The predicted molar refractivity (Wildman–Crippen MR) is 121 cm³/mol. The van der Waals surface area contributed by atoms with Gasteiger partial charge in [0.2, 0.25) is 11.8 Å². The summed E-state index contributed by atoms with van der Waals surface area (Å²) in [6.45, 7) is 1.22.